The second-order valence-corrected chi connectivity index (χ2v) is 17.8. The smallest absolute Gasteiger partial charge is 0.214 e. The van der Waals surface area contributed by atoms with Crippen molar-refractivity contribution >= 4 is 21.3 Å². The summed E-state index contributed by atoms with van der Waals surface area (Å²) >= 11 is 0. The summed E-state index contributed by atoms with van der Waals surface area (Å²) in [6.07, 6.45) is 15.5. The number of carbonyl (C=O) groups excluding carboxylic acids is 2. The Kier molecular flexibility index (Phi) is 5.34. The summed E-state index contributed by atoms with van der Waals surface area (Å²) < 4.78 is 17.6. The van der Waals surface area contributed by atoms with Crippen LogP contribution in [0.15, 0.2) is 27.7 Å². The summed E-state index contributed by atoms with van der Waals surface area (Å²) in [6, 6.07) is 2.17. The van der Waals surface area contributed by atoms with E-state index in [9.17, 15) is 24.3 Å². The fraction of sp³-hybridized carbons (Fsp3) is 0.750. The van der Waals surface area contributed by atoms with E-state index in [0.29, 0.717) is 6.42 Å². The molecule has 7 heteroatoms. The summed E-state index contributed by atoms with van der Waals surface area (Å²) in [5.41, 5.74) is -0.365. The van der Waals surface area contributed by atoms with E-state index in [0.717, 1.165) is 44.1 Å². The highest BCUT2D eigenvalue weighted by Gasteiger charge is 2.72. The summed E-state index contributed by atoms with van der Waals surface area (Å²) in [6.45, 7) is 10.7. The van der Waals surface area contributed by atoms with Crippen LogP contribution < -0.4 is 0 Å². The van der Waals surface area contributed by atoms with Gasteiger partial charge in [-0.2, -0.15) is 10.5 Å². The minimum absolute atomic E-state index is 0.0118. The minimum Gasteiger partial charge on any atom is -0.295 e. The number of nitriles is 2. The largest absolute Gasteiger partial charge is 0.295 e. The van der Waals surface area contributed by atoms with Crippen molar-refractivity contribution in [3.8, 4) is 12.3 Å². The minimum atomic E-state index is -2.83. The predicted octanol–water partition coefficient (Wildman–Crippen LogP) is 6.29. The van der Waals surface area contributed by atoms with E-state index in [2.05, 4.69) is 31.2 Å². The topological polar surface area (TPSA) is 111 Å². The molecule has 6 nitrogen and oxygen atoms in total. The van der Waals surface area contributed by atoms with Gasteiger partial charge in [-0.3, -0.25) is 9.59 Å². The van der Waals surface area contributed by atoms with Gasteiger partial charge >= 0.3 is 0 Å². The van der Waals surface area contributed by atoms with Gasteiger partial charge in [0.15, 0.2) is 11.6 Å². The highest BCUT2D eigenvalue weighted by atomic mass is 32.2. The van der Waals surface area contributed by atoms with Gasteiger partial charge in [0.25, 0.3) is 0 Å². The maximum Gasteiger partial charge on any atom is 0.214 e. The lowest BCUT2D eigenvalue weighted by Gasteiger charge is -2.69. The molecule has 0 radical (unpaired) electrons. The first-order valence-corrected chi connectivity index (χ1v) is 16.5. The fourth-order valence-electron chi connectivity index (χ4n) is 10.8. The van der Waals surface area contributed by atoms with Crippen LogP contribution in [0.25, 0.3) is 0 Å². The maximum absolute atomic E-state index is 14.5. The number of ketones is 2. The molecule has 208 valence electrons. The summed E-state index contributed by atoms with van der Waals surface area (Å²) in [4.78, 5) is 27.8. The van der Waals surface area contributed by atoms with E-state index < -0.39 is 25.3 Å². The maximum atomic E-state index is 14.5. The van der Waals surface area contributed by atoms with Crippen molar-refractivity contribution in [1.29, 1.82) is 10.5 Å². The first-order valence-electron chi connectivity index (χ1n) is 14.6. The Labute approximate surface area is 233 Å². The van der Waals surface area contributed by atoms with E-state index in [1.54, 1.807) is 6.26 Å². The van der Waals surface area contributed by atoms with Gasteiger partial charge in [0.05, 0.1) is 20.0 Å². The van der Waals surface area contributed by atoms with Crippen molar-refractivity contribution in [2.24, 2.45) is 49.2 Å². The van der Waals surface area contributed by atoms with Crippen LogP contribution in [0.3, 0.4) is 0 Å². The third-order valence-corrected chi connectivity index (χ3v) is 16.1. The molecule has 4 saturated carbocycles. The Balaban J connectivity index is 1.55. The zero-order valence-corrected chi connectivity index (χ0v) is 25.0. The van der Waals surface area contributed by atoms with Gasteiger partial charge in [0.1, 0.15) is 6.07 Å². The molecule has 2 unspecified atom stereocenters. The van der Waals surface area contributed by atoms with Gasteiger partial charge in [-0.1, -0.05) is 46.3 Å². The average molecular weight is 548 g/mol. The molecular formula is C32H41N3O3S. The quantitative estimate of drug-likeness (QED) is 0.358. The Morgan fingerprint density at radius 3 is 2.23 bits per heavy atom. The average Bonchev–Trinajstić information content (AvgIpc) is 3.61. The molecule has 0 amide bonds. The lowest BCUT2D eigenvalue weighted by atomic mass is 9.36. The number of nitrogens with zero attached hydrogens (tertiary/aromatic N) is 3. The molecule has 0 saturated heterocycles. The molecule has 0 aliphatic heterocycles. The van der Waals surface area contributed by atoms with Gasteiger partial charge in [-0.25, -0.2) is 4.21 Å². The van der Waals surface area contributed by atoms with Gasteiger partial charge < -0.3 is 0 Å². The molecule has 8 atom stereocenters. The van der Waals surface area contributed by atoms with Crippen LogP contribution in [-0.4, -0.2) is 26.8 Å². The van der Waals surface area contributed by atoms with Gasteiger partial charge in [0, 0.05) is 23.0 Å². The monoisotopic (exact) mass is 547 g/mol. The molecule has 0 aromatic heterocycles. The van der Waals surface area contributed by atoms with Crippen molar-refractivity contribution < 1.29 is 13.8 Å². The SMILES string of the molecule is CC1(C)C(=O)C(C#N)=C[C@]2(C)C3=CC(=O)[C@@H]4C5CC6(CC6)CC[C@]5(S(C)(=O)=NC#N)CC[C@@]4(C)[C@]3(C)CC[C@@H]12. The lowest BCUT2D eigenvalue weighted by Crippen LogP contribution is -2.67. The zero-order valence-electron chi connectivity index (χ0n) is 24.2. The molecular weight excluding hydrogens is 506 g/mol. The van der Waals surface area contributed by atoms with Crippen molar-refractivity contribution in [2.75, 3.05) is 6.26 Å². The molecule has 6 aliphatic rings. The first kappa shape index (κ1) is 26.9. The van der Waals surface area contributed by atoms with Crippen LogP contribution in [0.5, 0.6) is 0 Å². The molecule has 1 spiro atoms. The number of rotatable bonds is 1. The summed E-state index contributed by atoms with van der Waals surface area (Å²) in [7, 11) is -2.83. The van der Waals surface area contributed by atoms with Crippen LogP contribution in [0.4, 0.5) is 0 Å². The van der Waals surface area contributed by atoms with Crippen LogP contribution in [0, 0.1) is 67.6 Å². The Morgan fingerprint density at radius 1 is 0.974 bits per heavy atom. The van der Waals surface area contributed by atoms with Crippen LogP contribution in [-0.2, 0) is 19.3 Å². The van der Waals surface area contributed by atoms with Crippen LogP contribution in [0.2, 0.25) is 0 Å². The second-order valence-electron chi connectivity index (χ2n) is 15.2. The first-order chi connectivity index (χ1) is 18.1. The van der Waals surface area contributed by atoms with E-state index in [-0.39, 0.29) is 51.1 Å². The normalized spacial score (nSPS) is 46.5. The molecule has 0 N–H and O–H groups in total. The lowest BCUT2D eigenvalue weighted by molar-refractivity contribution is -0.151. The second kappa shape index (κ2) is 7.73. The van der Waals surface area contributed by atoms with Crippen LogP contribution >= 0.6 is 0 Å². The Bertz CT molecular complexity index is 1480. The van der Waals surface area contributed by atoms with E-state index >= 15 is 0 Å². The van der Waals surface area contributed by atoms with E-state index in [1.807, 2.05) is 32.2 Å². The molecule has 4 fully saturated rings. The van der Waals surface area contributed by atoms with E-state index in [4.69, 9.17) is 0 Å². The fourth-order valence-corrected chi connectivity index (χ4v) is 12.9. The molecule has 6 rings (SSSR count). The predicted molar refractivity (Wildman–Crippen MR) is 149 cm³/mol. The highest BCUT2D eigenvalue weighted by molar-refractivity contribution is 7.94. The summed E-state index contributed by atoms with van der Waals surface area (Å²) in [5.74, 6) is -0.319. The Morgan fingerprint density at radius 2 is 1.62 bits per heavy atom. The number of allylic oxidation sites excluding steroid dienone is 4. The molecule has 0 bridgehead atoms. The molecule has 6 aliphatic carbocycles. The molecule has 39 heavy (non-hydrogen) atoms. The van der Waals surface area contributed by atoms with Crippen LogP contribution in [0.1, 0.15) is 92.4 Å². The zero-order chi connectivity index (χ0) is 28.4. The van der Waals surface area contributed by atoms with Gasteiger partial charge in [0.2, 0.25) is 6.19 Å². The third kappa shape index (κ3) is 3.09. The summed E-state index contributed by atoms with van der Waals surface area (Å²) in [5, 5.41) is 19.4. The van der Waals surface area contributed by atoms with Crippen molar-refractivity contribution in [3.63, 3.8) is 0 Å². The number of fused-ring (bicyclic) bond motifs is 7. The Hall–Kier alpha value is -2.25. The molecule has 0 heterocycles. The van der Waals surface area contributed by atoms with Crippen molar-refractivity contribution in [1.82, 2.24) is 0 Å². The number of Topliss-reactive ketones (excluding diaryl/α,β-unsaturated/α-hetero) is 1. The highest BCUT2D eigenvalue weighted by Crippen LogP contribution is 2.75. The van der Waals surface area contributed by atoms with Crippen molar-refractivity contribution in [2.45, 2.75) is 97.2 Å². The standard InChI is InChI=1S/C32H41N3O3S/c1-27(2)23-7-8-29(4)24(28(23,3)16-20(18-33)26(27)37)15-22(36)25-21-17-31(10-11-31)12-14-32(21,13-9-30(25,29)5)39(6,38)35-19-34/h15-16,21,23,25H,7-14,17H2,1-6H3/t21?,23-,25-,28-,29+,30+,32+,39?/m0/s1. The number of carbonyl (C=O) groups is 2. The molecule has 0 aromatic carbocycles. The third-order valence-electron chi connectivity index (χ3n) is 13.4. The number of hydrogen-bond acceptors (Lipinski definition) is 6. The molecule has 0 aromatic rings. The number of hydrogen-bond donors (Lipinski definition) is 0. The van der Waals surface area contributed by atoms with Gasteiger partial charge in [-0.15, -0.1) is 4.36 Å². The van der Waals surface area contributed by atoms with Gasteiger partial charge in [-0.05, 0) is 91.9 Å². The van der Waals surface area contributed by atoms with E-state index in [1.165, 1.54) is 12.8 Å². The van der Waals surface area contributed by atoms with Crippen molar-refractivity contribution in [3.05, 3.63) is 23.3 Å².